The van der Waals surface area contributed by atoms with E-state index in [9.17, 15) is 4.79 Å². The van der Waals surface area contributed by atoms with Crippen molar-refractivity contribution < 1.29 is 14.6 Å². The number of ether oxygens (including phenoxy) is 1. The first-order valence-electron chi connectivity index (χ1n) is 11.4. The number of piperidine rings is 1. The zero-order valence-corrected chi connectivity index (χ0v) is 18.7. The molecule has 3 aromatic rings. The van der Waals surface area contributed by atoms with Crippen LogP contribution < -0.4 is 9.64 Å². The zero-order chi connectivity index (χ0) is 22.3. The molecule has 0 saturated carbocycles. The molecule has 0 radical (unpaired) electrons. The largest absolute Gasteiger partial charge is 0.489 e. The van der Waals surface area contributed by atoms with E-state index in [1.54, 1.807) is 0 Å². The van der Waals surface area contributed by atoms with Crippen LogP contribution in [0.25, 0.3) is 0 Å². The Hall–Kier alpha value is -3.27. The smallest absolute Gasteiger partial charge is 0.303 e. The van der Waals surface area contributed by atoms with E-state index in [2.05, 4.69) is 60.4 Å². The Labute approximate surface area is 190 Å². The van der Waals surface area contributed by atoms with Crippen molar-refractivity contribution in [1.82, 2.24) is 0 Å². The van der Waals surface area contributed by atoms with Gasteiger partial charge in [0, 0.05) is 25.2 Å². The Bertz CT molecular complexity index is 1040. The van der Waals surface area contributed by atoms with Crippen LogP contribution in [0.4, 0.5) is 5.69 Å². The quantitative estimate of drug-likeness (QED) is 0.479. The first-order chi connectivity index (χ1) is 15.6. The van der Waals surface area contributed by atoms with Gasteiger partial charge in [0.15, 0.2) is 0 Å². The van der Waals surface area contributed by atoms with Gasteiger partial charge in [0.2, 0.25) is 0 Å². The number of benzene rings is 3. The van der Waals surface area contributed by atoms with Gasteiger partial charge < -0.3 is 14.7 Å². The van der Waals surface area contributed by atoms with Crippen LogP contribution >= 0.6 is 0 Å². The lowest BCUT2D eigenvalue weighted by atomic mass is 9.87. The third-order valence-corrected chi connectivity index (χ3v) is 6.36. The van der Waals surface area contributed by atoms with E-state index < -0.39 is 5.97 Å². The Morgan fingerprint density at radius 2 is 1.72 bits per heavy atom. The summed E-state index contributed by atoms with van der Waals surface area (Å²) < 4.78 is 5.97. The predicted octanol–water partition coefficient (Wildman–Crippen LogP) is 5.98. The fourth-order valence-corrected chi connectivity index (χ4v) is 4.51. The number of hydrogen-bond acceptors (Lipinski definition) is 3. The maximum absolute atomic E-state index is 10.7. The summed E-state index contributed by atoms with van der Waals surface area (Å²) in [5.74, 6) is 0.676. The standard InChI is InChI=1S/C28H31NO3/c1-21-5-2-3-8-27(21)24-15-17-29(18-16-24)25-7-4-6-23(19-25)20-32-26-12-9-22(10-13-26)11-14-28(30)31/h2-10,12-13,19,24H,11,14-18,20H2,1H3,(H,30,31). The van der Waals surface area contributed by atoms with Crippen LogP contribution in [0.5, 0.6) is 5.75 Å². The zero-order valence-electron chi connectivity index (χ0n) is 18.7. The van der Waals surface area contributed by atoms with Crippen molar-refractivity contribution in [2.75, 3.05) is 18.0 Å². The molecule has 1 saturated heterocycles. The van der Waals surface area contributed by atoms with Crippen molar-refractivity contribution >= 4 is 11.7 Å². The minimum Gasteiger partial charge on any atom is -0.489 e. The van der Waals surface area contributed by atoms with Crippen molar-refractivity contribution in [3.63, 3.8) is 0 Å². The molecule has 1 heterocycles. The van der Waals surface area contributed by atoms with Crippen molar-refractivity contribution in [2.24, 2.45) is 0 Å². The highest BCUT2D eigenvalue weighted by Gasteiger charge is 2.22. The second-order valence-electron chi connectivity index (χ2n) is 8.61. The number of aliphatic carboxylic acids is 1. The van der Waals surface area contributed by atoms with Gasteiger partial charge in [-0.25, -0.2) is 0 Å². The van der Waals surface area contributed by atoms with Gasteiger partial charge in [-0.2, -0.15) is 0 Å². The maximum Gasteiger partial charge on any atom is 0.303 e. The number of anilines is 1. The molecule has 0 aliphatic carbocycles. The Kier molecular flexibility index (Phi) is 7.10. The topological polar surface area (TPSA) is 49.8 Å². The highest BCUT2D eigenvalue weighted by Crippen LogP contribution is 2.32. The molecule has 1 N–H and O–H groups in total. The fourth-order valence-electron chi connectivity index (χ4n) is 4.51. The molecule has 0 atom stereocenters. The fraction of sp³-hybridized carbons (Fsp3) is 0.321. The van der Waals surface area contributed by atoms with Gasteiger partial charge in [-0.3, -0.25) is 4.79 Å². The number of carbonyl (C=O) groups is 1. The van der Waals surface area contributed by atoms with Crippen molar-refractivity contribution in [1.29, 1.82) is 0 Å². The molecular weight excluding hydrogens is 398 g/mol. The lowest BCUT2D eigenvalue weighted by molar-refractivity contribution is -0.136. The molecule has 4 heteroatoms. The van der Waals surface area contributed by atoms with E-state index in [1.807, 2.05) is 24.3 Å². The van der Waals surface area contributed by atoms with Gasteiger partial charge in [-0.15, -0.1) is 0 Å². The molecule has 32 heavy (non-hydrogen) atoms. The Morgan fingerprint density at radius 1 is 0.969 bits per heavy atom. The molecule has 0 bridgehead atoms. The summed E-state index contributed by atoms with van der Waals surface area (Å²) in [4.78, 5) is 13.2. The molecule has 4 nitrogen and oxygen atoms in total. The second kappa shape index (κ2) is 10.4. The Balaban J connectivity index is 1.31. The van der Waals surface area contributed by atoms with E-state index in [0.717, 1.165) is 30.0 Å². The van der Waals surface area contributed by atoms with E-state index in [0.29, 0.717) is 18.9 Å². The highest BCUT2D eigenvalue weighted by atomic mass is 16.5. The van der Waals surface area contributed by atoms with Crippen molar-refractivity contribution in [2.45, 2.75) is 45.1 Å². The SMILES string of the molecule is Cc1ccccc1C1CCN(c2cccc(COc3ccc(CCC(=O)O)cc3)c2)CC1. The van der Waals surface area contributed by atoms with Crippen LogP contribution in [-0.2, 0) is 17.8 Å². The summed E-state index contributed by atoms with van der Waals surface area (Å²) >= 11 is 0. The van der Waals surface area contributed by atoms with E-state index in [4.69, 9.17) is 9.84 Å². The molecule has 4 rings (SSSR count). The number of nitrogens with zero attached hydrogens (tertiary/aromatic N) is 1. The van der Waals surface area contributed by atoms with Gasteiger partial charge in [-0.05, 0) is 78.6 Å². The summed E-state index contributed by atoms with van der Waals surface area (Å²) in [6.07, 6.45) is 3.05. The summed E-state index contributed by atoms with van der Waals surface area (Å²) in [5.41, 5.74) is 6.33. The number of aryl methyl sites for hydroxylation is 2. The molecule has 0 spiro atoms. The van der Waals surface area contributed by atoms with Gasteiger partial charge in [0.05, 0.1) is 0 Å². The van der Waals surface area contributed by atoms with Gasteiger partial charge in [-0.1, -0.05) is 48.5 Å². The molecule has 1 fully saturated rings. The van der Waals surface area contributed by atoms with Gasteiger partial charge in [0.1, 0.15) is 12.4 Å². The van der Waals surface area contributed by atoms with E-state index >= 15 is 0 Å². The van der Waals surface area contributed by atoms with Crippen LogP contribution in [0.3, 0.4) is 0 Å². The van der Waals surface area contributed by atoms with Crippen LogP contribution in [0, 0.1) is 6.92 Å². The third-order valence-electron chi connectivity index (χ3n) is 6.36. The Morgan fingerprint density at radius 3 is 2.44 bits per heavy atom. The van der Waals surface area contributed by atoms with Crippen LogP contribution in [0.15, 0.2) is 72.8 Å². The third kappa shape index (κ3) is 5.70. The van der Waals surface area contributed by atoms with Crippen LogP contribution in [0.1, 0.15) is 47.4 Å². The molecule has 166 valence electrons. The van der Waals surface area contributed by atoms with Gasteiger partial charge >= 0.3 is 5.97 Å². The highest BCUT2D eigenvalue weighted by molar-refractivity contribution is 5.67. The molecule has 0 aromatic heterocycles. The normalized spacial score (nSPS) is 14.3. The van der Waals surface area contributed by atoms with Crippen LogP contribution in [0.2, 0.25) is 0 Å². The molecule has 0 amide bonds. The number of rotatable bonds is 8. The van der Waals surface area contributed by atoms with E-state index in [-0.39, 0.29) is 6.42 Å². The summed E-state index contributed by atoms with van der Waals surface area (Å²) in [6.45, 7) is 4.87. The maximum atomic E-state index is 10.7. The average molecular weight is 430 g/mol. The summed E-state index contributed by atoms with van der Waals surface area (Å²) in [6, 6.07) is 25.1. The molecule has 1 aliphatic rings. The summed E-state index contributed by atoms with van der Waals surface area (Å²) in [7, 11) is 0. The first-order valence-corrected chi connectivity index (χ1v) is 11.4. The lowest BCUT2D eigenvalue weighted by Crippen LogP contribution is -2.33. The van der Waals surface area contributed by atoms with E-state index in [1.165, 1.54) is 29.7 Å². The second-order valence-corrected chi connectivity index (χ2v) is 8.61. The van der Waals surface area contributed by atoms with Crippen LogP contribution in [-0.4, -0.2) is 24.2 Å². The molecule has 0 unspecified atom stereocenters. The van der Waals surface area contributed by atoms with Gasteiger partial charge in [0.25, 0.3) is 0 Å². The number of hydrogen-bond donors (Lipinski definition) is 1. The molecule has 3 aromatic carbocycles. The van der Waals surface area contributed by atoms with Crippen molar-refractivity contribution in [3.05, 3.63) is 95.1 Å². The minimum atomic E-state index is -0.774. The molecular formula is C28H31NO3. The molecule has 1 aliphatic heterocycles. The number of carboxylic acid groups (broad SMARTS) is 1. The lowest BCUT2D eigenvalue weighted by Gasteiger charge is -2.34. The van der Waals surface area contributed by atoms with Crippen molar-refractivity contribution in [3.8, 4) is 5.75 Å². The first kappa shape index (κ1) is 21.9. The minimum absolute atomic E-state index is 0.148. The average Bonchev–Trinajstić information content (AvgIpc) is 2.83. The predicted molar refractivity (Wildman–Crippen MR) is 129 cm³/mol. The number of carboxylic acids is 1. The monoisotopic (exact) mass is 429 g/mol. The summed E-state index contributed by atoms with van der Waals surface area (Å²) in [5, 5.41) is 8.80.